The number of para-hydroxylation sites is 2. The highest BCUT2D eigenvalue weighted by Crippen LogP contribution is 2.27. The smallest absolute Gasteiger partial charge is 0.198 e. The first-order valence-electron chi connectivity index (χ1n) is 7.98. The molecule has 0 atom stereocenters. The Morgan fingerprint density at radius 3 is 2.87 bits per heavy atom. The van der Waals surface area contributed by atoms with Crippen LogP contribution in [0.2, 0.25) is 0 Å². The number of hydrogen-bond donors (Lipinski definition) is 2. The molecule has 3 aromatic rings. The molecule has 0 unspecified atom stereocenters. The maximum absolute atomic E-state index is 4.46. The lowest BCUT2D eigenvalue weighted by molar-refractivity contribution is 0.849. The first-order valence-corrected chi connectivity index (χ1v) is 7.98. The molecule has 0 radical (unpaired) electrons. The minimum atomic E-state index is 0.736. The molecule has 23 heavy (non-hydrogen) atoms. The number of guanidine groups is 1. The maximum Gasteiger partial charge on any atom is 0.198 e. The zero-order chi connectivity index (χ0) is 15.6. The molecular formula is C19H20N4. The van der Waals surface area contributed by atoms with Crippen molar-refractivity contribution in [1.82, 2.24) is 10.3 Å². The summed E-state index contributed by atoms with van der Waals surface area (Å²) in [5.41, 5.74) is 4.99. The highest BCUT2D eigenvalue weighted by Gasteiger charge is 2.22. The zero-order valence-corrected chi connectivity index (χ0v) is 13.2. The number of H-pyrrole nitrogens is 1. The van der Waals surface area contributed by atoms with Crippen LogP contribution in [-0.2, 0) is 13.0 Å². The second-order valence-corrected chi connectivity index (χ2v) is 5.81. The number of fused-ring (bicyclic) bond motifs is 2. The molecule has 0 saturated carbocycles. The Morgan fingerprint density at radius 2 is 2.00 bits per heavy atom. The zero-order valence-electron chi connectivity index (χ0n) is 13.2. The van der Waals surface area contributed by atoms with Gasteiger partial charge in [-0.15, -0.1) is 0 Å². The van der Waals surface area contributed by atoms with Crippen LogP contribution in [0.1, 0.15) is 11.3 Å². The van der Waals surface area contributed by atoms with Gasteiger partial charge in [-0.25, -0.2) is 0 Å². The summed E-state index contributed by atoms with van der Waals surface area (Å²) in [6, 6.07) is 19.1. The monoisotopic (exact) mass is 304 g/mol. The fourth-order valence-electron chi connectivity index (χ4n) is 3.26. The molecule has 0 amide bonds. The van der Waals surface area contributed by atoms with Crippen LogP contribution in [0.3, 0.4) is 0 Å². The number of hydrogen-bond acceptors (Lipinski definition) is 1. The van der Waals surface area contributed by atoms with E-state index in [2.05, 4.69) is 74.8 Å². The second kappa shape index (κ2) is 5.80. The lowest BCUT2D eigenvalue weighted by Gasteiger charge is -2.22. The van der Waals surface area contributed by atoms with Crippen molar-refractivity contribution in [2.75, 3.05) is 18.5 Å². The SMILES string of the molecule is CN=C(NCc1cc2ccccc2[nH]1)N1CCc2ccccc21. The van der Waals surface area contributed by atoms with Gasteiger partial charge in [0.15, 0.2) is 5.96 Å². The highest BCUT2D eigenvalue weighted by molar-refractivity contribution is 5.97. The van der Waals surface area contributed by atoms with Crippen LogP contribution in [0, 0.1) is 0 Å². The number of nitrogens with zero attached hydrogens (tertiary/aromatic N) is 2. The lowest BCUT2D eigenvalue weighted by Crippen LogP contribution is -2.40. The van der Waals surface area contributed by atoms with E-state index in [1.807, 2.05) is 7.05 Å². The van der Waals surface area contributed by atoms with Gasteiger partial charge < -0.3 is 15.2 Å². The molecule has 0 saturated heterocycles. The number of aromatic amines is 1. The third-order valence-corrected chi connectivity index (χ3v) is 4.38. The topological polar surface area (TPSA) is 43.4 Å². The van der Waals surface area contributed by atoms with Gasteiger partial charge in [0, 0.05) is 30.5 Å². The third-order valence-electron chi connectivity index (χ3n) is 4.38. The van der Waals surface area contributed by atoms with Crippen molar-refractivity contribution in [2.45, 2.75) is 13.0 Å². The van der Waals surface area contributed by atoms with Crippen LogP contribution in [0.5, 0.6) is 0 Å². The molecule has 0 spiro atoms. The summed E-state index contributed by atoms with van der Waals surface area (Å²) in [6.07, 6.45) is 1.07. The van der Waals surface area contributed by atoms with Gasteiger partial charge in [-0.3, -0.25) is 4.99 Å². The number of rotatable bonds is 2. The number of nitrogens with one attached hydrogen (secondary N) is 2. The molecule has 1 aliphatic heterocycles. The summed E-state index contributed by atoms with van der Waals surface area (Å²) in [7, 11) is 1.84. The summed E-state index contributed by atoms with van der Waals surface area (Å²) in [4.78, 5) is 10.2. The average molecular weight is 304 g/mol. The largest absolute Gasteiger partial charge is 0.357 e. The van der Waals surface area contributed by atoms with Crippen LogP contribution in [0.25, 0.3) is 10.9 Å². The summed E-state index contributed by atoms with van der Waals surface area (Å²) < 4.78 is 0. The van der Waals surface area contributed by atoms with Crippen molar-refractivity contribution in [1.29, 1.82) is 0 Å². The van der Waals surface area contributed by atoms with E-state index >= 15 is 0 Å². The minimum absolute atomic E-state index is 0.736. The summed E-state index contributed by atoms with van der Waals surface area (Å²) >= 11 is 0. The van der Waals surface area contributed by atoms with Crippen molar-refractivity contribution in [3.05, 3.63) is 65.9 Å². The van der Waals surface area contributed by atoms with Gasteiger partial charge in [-0.05, 0) is 35.6 Å². The molecule has 2 heterocycles. The average Bonchev–Trinajstić information content (AvgIpc) is 3.19. The Labute approximate surface area is 135 Å². The highest BCUT2D eigenvalue weighted by atomic mass is 15.3. The summed E-state index contributed by atoms with van der Waals surface area (Å²) in [5.74, 6) is 0.925. The van der Waals surface area contributed by atoms with Crippen molar-refractivity contribution >= 4 is 22.5 Å². The fourth-order valence-corrected chi connectivity index (χ4v) is 3.26. The van der Waals surface area contributed by atoms with Crippen LogP contribution < -0.4 is 10.2 Å². The van der Waals surface area contributed by atoms with Gasteiger partial charge >= 0.3 is 0 Å². The maximum atomic E-state index is 4.46. The molecule has 4 heteroatoms. The van der Waals surface area contributed by atoms with E-state index in [0.29, 0.717) is 0 Å². The van der Waals surface area contributed by atoms with Gasteiger partial charge in [0.1, 0.15) is 0 Å². The quantitative estimate of drug-likeness (QED) is 0.563. The molecule has 0 aliphatic carbocycles. The van der Waals surface area contributed by atoms with E-state index in [-0.39, 0.29) is 0 Å². The molecule has 2 aromatic carbocycles. The molecule has 4 rings (SSSR count). The van der Waals surface area contributed by atoms with E-state index in [1.54, 1.807) is 0 Å². The fraction of sp³-hybridized carbons (Fsp3) is 0.211. The van der Waals surface area contributed by atoms with Gasteiger partial charge in [0.05, 0.1) is 6.54 Å². The van der Waals surface area contributed by atoms with Gasteiger partial charge in [-0.2, -0.15) is 0 Å². The van der Waals surface area contributed by atoms with Crippen molar-refractivity contribution < 1.29 is 0 Å². The molecular weight excluding hydrogens is 284 g/mol. The van der Waals surface area contributed by atoms with Gasteiger partial charge in [0.25, 0.3) is 0 Å². The van der Waals surface area contributed by atoms with E-state index in [9.17, 15) is 0 Å². The first kappa shape index (κ1) is 13.9. The standard InChI is InChI=1S/C19H20N4/c1-20-19(23-11-10-14-6-3-5-9-18(14)23)21-13-16-12-15-7-2-4-8-17(15)22-16/h2-9,12,22H,10-11,13H2,1H3,(H,20,21). The van der Waals surface area contributed by atoms with E-state index in [0.717, 1.165) is 25.5 Å². The molecule has 0 fully saturated rings. The second-order valence-electron chi connectivity index (χ2n) is 5.81. The van der Waals surface area contributed by atoms with E-state index < -0.39 is 0 Å². The molecule has 2 N–H and O–H groups in total. The minimum Gasteiger partial charge on any atom is -0.357 e. The van der Waals surface area contributed by atoms with Gasteiger partial charge in [-0.1, -0.05) is 36.4 Å². The van der Waals surface area contributed by atoms with Crippen LogP contribution >= 0.6 is 0 Å². The Kier molecular flexibility index (Phi) is 3.50. The molecule has 1 aromatic heterocycles. The normalized spacial score (nSPS) is 14.3. The lowest BCUT2D eigenvalue weighted by atomic mass is 10.2. The molecule has 0 bridgehead atoms. The van der Waals surface area contributed by atoms with Gasteiger partial charge in [0.2, 0.25) is 0 Å². The summed E-state index contributed by atoms with van der Waals surface area (Å²) in [6.45, 7) is 1.71. The Bertz CT molecular complexity index is 829. The predicted molar refractivity (Wildman–Crippen MR) is 96.0 cm³/mol. The first-order chi connectivity index (χ1) is 11.3. The van der Waals surface area contributed by atoms with E-state index in [1.165, 1.54) is 27.8 Å². The number of benzene rings is 2. The summed E-state index contributed by atoms with van der Waals surface area (Å²) in [5, 5.41) is 4.72. The third kappa shape index (κ3) is 2.57. The van der Waals surface area contributed by atoms with Crippen LogP contribution in [0.4, 0.5) is 5.69 Å². The van der Waals surface area contributed by atoms with Crippen LogP contribution in [0.15, 0.2) is 59.6 Å². The van der Waals surface area contributed by atoms with E-state index in [4.69, 9.17) is 0 Å². The van der Waals surface area contributed by atoms with Crippen molar-refractivity contribution in [3.8, 4) is 0 Å². The Hall–Kier alpha value is -2.75. The molecule has 4 nitrogen and oxygen atoms in total. The molecule has 1 aliphatic rings. The van der Waals surface area contributed by atoms with Crippen molar-refractivity contribution in [3.63, 3.8) is 0 Å². The number of anilines is 1. The predicted octanol–water partition coefficient (Wildman–Crippen LogP) is 3.31. The number of aliphatic imine (C=N–C) groups is 1. The molecule has 116 valence electrons. The number of aromatic nitrogens is 1. The Balaban J connectivity index is 1.51. The van der Waals surface area contributed by atoms with Crippen molar-refractivity contribution in [2.24, 2.45) is 4.99 Å². The Morgan fingerprint density at radius 1 is 1.17 bits per heavy atom. The van der Waals surface area contributed by atoms with Crippen LogP contribution in [-0.4, -0.2) is 24.5 Å².